The van der Waals surface area contributed by atoms with Crippen molar-refractivity contribution >= 4 is 11.9 Å². The first-order valence-corrected chi connectivity index (χ1v) is 6.21. The Labute approximate surface area is 113 Å². The quantitative estimate of drug-likeness (QED) is 0.739. The van der Waals surface area contributed by atoms with Crippen molar-refractivity contribution in [2.75, 3.05) is 21.3 Å². The van der Waals surface area contributed by atoms with Crippen LogP contribution < -0.4 is 14.2 Å². The minimum Gasteiger partial charge on any atom is -0.496 e. The third-order valence-electron chi connectivity index (χ3n) is 3.15. The van der Waals surface area contributed by atoms with Crippen LogP contribution >= 0.6 is 0 Å². The van der Waals surface area contributed by atoms with Crippen molar-refractivity contribution in [3.05, 3.63) is 23.8 Å². The average Bonchev–Trinajstić information content (AvgIpc) is 3.28. The van der Waals surface area contributed by atoms with Gasteiger partial charge in [-0.15, -0.1) is 0 Å². The highest BCUT2D eigenvalue weighted by molar-refractivity contribution is 5.97. The third-order valence-corrected chi connectivity index (χ3v) is 3.15. The van der Waals surface area contributed by atoms with Crippen molar-refractivity contribution in [1.29, 1.82) is 0 Å². The molecule has 1 aliphatic rings. The lowest BCUT2D eigenvalue weighted by Crippen LogP contribution is -1.97. The van der Waals surface area contributed by atoms with Gasteiger partial charge in [-0.05, 0) is 25.0 Å². The van der Waals surface area contributed by atoms with Crippen LogP contribution in [0.5, 0.6) is 17.2 Å². The maximum absolute atomic E-state index is 11.7. The Hall–Kier alpha value is -1.97. The van der Waals surface area contributed by atoms with Crippen molar-refractivity contribution < 1.29 is 19.0 Å². The predicted octanol–water partition coefficient (Wildman–Crippen LogP) is 2.70. The van der Waals surface area contributed by atoms with Crippen molar-refractivity contribution in [3.63, 3.8) is 0 Å². The number of carbonyl (C=O) groups is 1. The molecule has 19 heavy (non-hydrogen) atoms. The molecule has 0 bridgehead atoms. The Kier molecular flexibility index (Phi) is 4.10. The van der Waals surface area contributed by atoms with Gasteiger partial charge in [-0.25, -0.2) is 0 Å². The van der Waals surface area contributed by atoms with Gasteiger partial charge in [0.25, 0.3) is 0 Å². The number of benzene rings is 1. The van der Waals surface area contributed by atoms with Crippen LogP contribution in [0.1, 0.15) is 18.4 Å². The van der Waals surface area contributed by atoms with E-state index in [9.17, 15) is 4.79 Å². The van der Waals surface area contributed by atoms with Crippen molar-refractivity contribution in [2.45, 2.75) is 12.8 Å². The van der Waals surface area contributed by atoms with Crippen LogP contribution in [0.3, 0.4) is 0 Å². The lowest BCUT2D eigenvalue weighted by atomic mass is 10.1. The van der Waals surface area contributed by atoms with Crippen molar-refractivity contribution in [3.8, 4) is 17.2 Å². The van der Waals surface area contributed by atoms with Crippen LogP contribution in [0.4, 0.5) is 0 Å². The fourth-order valence-corrected chi connectivity index (χ4v) is 1.87. The van der Waals surface area contributed by atoms with Gasteiger partial charge >= 0.3 is 0 Å². The monoisotopic (exact) mass is 262 g/mol. The Morgan fingerprint density at radius 1 is 1.11 bits per heavy atom. The van der Waals surface area contributed by atoms with E-state index in [0.717, 1.165) is 18.4 Å². The van der Waals surface area contributed by atoms with E-state index in [1.807, 2.05) is 0 Å². The lowest BCUT2D eigenvalue weighted by Gasteiger charge is -2.12. The number of carbonyl (C=O) groups excluding carboxylic acids is 1. The molecule has 0 saturated heterocycles. The molecule has 1 aliphatic carbocycles. The first-order valence-electron chi connectivity index (χ1n) is 6.21. The molecule has 1 aromatic carbocycles. The van der Waals surface area contributed by atoms with Gasteiger partial charge in [-0.2, -0.15) is 0 Å². The molecule has 102 valence electrons. The first kappa shape index (κ1) is 13.5. The van der Waals surface area contributed by atoms with E-state index >= 15 is 0 Å². The number of rotatable bonds is 6. The molecule has 0 atom stereocenters. The molecule has 0 heterocycles. The van der Waals surface area contributed by atoms with Gasteiger partial charge in [0.05, 0.1) is 26.9 Å². The summed E-state index contributed by atoms with van der Waals surface area (Å²) in [4.78, 5) is 11.7. The van der Waals surface area contributed by atoms with Crippen LogP contribution in [0.15, 0.2) is 18.2 Å². The molecule has 4 nitrogen and oxygen atoms in total. The fourth-order valence-electron chi connectivity index (χ4n) is 1.87. The number of ether oxygens (including phenoxy) is 3. The normalized spacial score (nSPS) is 14.5. The molecule has 0 aliphatic heterocycles. The molecule has 0 amide bonds. The molecule has 1 fully saturated rings. The van der Waals surface area contributed by atoms with Gasteiger partial charge in [-0.1, -0.05) is 0 Å². The van der Waals surface area contributed by atoms with Crippen LogP contribution in [-0.2, 0) is 4.79 Å². The molecule has 2 rings (SSSR count). The number of hydrogen-bond acceptors (Lipinski definition) is 4. The number of hydrogen-bond donors (Lipinski definition) is 0. The Morgan fingerprint density at radius 2 is 1.68 bits per heavy atom. The Morgan fingerprint density at radius 3 is 2.11 bits per heavy atom. The highest BCUT2D eigenvalue weighted by Gasteiger charge is 2.27. The van der Waals surface area contributed by atoms with Gasteiger partial charge in [0.2, 0.25) is 0 Å². The molecule has 0 radical (unpaired) electrons. The summed E-state index contributed by atoms with van der Waals surface area (Å²) in [6.45, 7) is 0. The zero-order valence-corrected chi connectivity index (χ0v) is 11.4. The Bertz CT molecular complexity index is 476. The topological polar surface area (TPSA) is 44.8 Å². The molecular formula is C15H18O4. The molecule has 1 saturated carbocycles. The summed E-state index contributed by atoms with van der Waals surface area (Å²) in [5.74, 6) is 2.28. The lowest BCUT2D eigenvalue weighted by molar-refractivity contribution is -0.115. The van der Waals surface area contributed by atoms with Crippen molar-refractivity contribution in [2.24, 2.45) is 5.92 Å². The molecule has 0 N–H and O–H groups in total. The van der Waals surface area contributed by atoms with Crippen LogP contribution in [0.2, 0.25) is 0 Å². The summed E-state index contributed by atoms with van der Waals surface area (Å²) in [7, 11) is 4.74. The second-order valence-electron chi connectivity index (χ2n) is 4.46. The van der Waals surface area contributed by atoms with Crippen LogP contribution in [0, 0.1) is 5.92 Å². The van der Waals surface area contributed by atoms with E-state index in [1.54, 1.807) is 45.6 Å². The molecule has 0 aromatic heterocycles. The smallest absolute Gasteiger partial charge is 0.158 e. The van der Waals surface area contributed by atoms with Crippen LogP contribution in [-0.4, -0.2) is 27.1 Å². The molecule has 0 spiro atoms. The summed E-state index contributed by atoms with van der Waals surface area (Å²) in [5.41, 5.74) is 0.750. The average molecular weight is 262 g/mol. The van der Waals surface area contributed by atoms with Gasteiger partial charge in [-0.3, -0.25) is 4.79 Å². The highest BCUT2D eigenvalue weighted by atomic mass is 16.5. The van der Waals surface area contributed by atoms with E-state index in [2.05, 4.69) is 0 Å². The van der Waals surface area contributed by atoms with Gasteiger partial charge in [0.1, 0.15) is 17.2 Å². The van der Waals surface area contributed by atoms with E-state index in [0.29, 0.717) is 17.2 Å². The fraction of sp³-hybridized carbons (Fsp3) is 0.400. The summed E-state index contributed by atoms with van der Waals surface area (Å²) in [6.07, 6.45) is 5.35. The minimum atomic E-state index is 0.167. The second kappa shape index (κ2) is 5.78. The van der Waals surface area contributed by atoms with E-state index < -0.39 is 0 Å². The van der Waals surface area contributed by atoms with E-state index in [1.165, 1.54) is 0 Å². The standard InChI is InChI=1S/C15H18O4/c1-17-11-8-14(18-2)12(15(9-11)19-3)6-7-13(16)10-4-5-10/h6-10H,4-5H2,1-3H3/b7-6+. The van der Waals surface area contributed by atoms with Gasteiger partial charge in [0.15, 0.2) is 5.78 Å². The van der Waals surface area contributed by atoms with Crippen molar-refractivity contribution in [1.82, 2.24) is 0 Å². The Balaban J connectivity index is 2.33. The van der Waals surface area contributed by atoms with Gasteiger partial charge in [0, 0.05) is 18.1 Å². The summed E-state index contributed by atoms with van der Waals surface area (Å²) in [6, 6.07) is 3.54. The molecule has 4 heteroatoms. The summed E-state index contributed by atoms with van der Waals surface area (Å²) < 4.78 is 15.8. The molecule has 1 aromatic rings. The number of methoxy groups -OCH3 is 3. The molecular weight excluding hydrogens is 244 g/mol. The van der Waals surface area contributed by atoms with Crippen LogP contribution in [0.25, 0.3) is 6.08 Å². The maximum atomic E-state index is 11.7. The molecule has 0 unspecified atom stereocenters. The van der Waals surface area contributed by atoms with E-state index in [-0.39, 0.29) is 11.7 Å². The zero-order chi connectivity index (χ0) is 13.8. The second-order valence-corrected chi connectivity index (χ2v) is 4.46. The predicted molar refractivity (Wildman–Crippen MR) is 72.9 cm³/mol. The number of ketones is 1. The zero-order valence-electron chi connectivity index (χ0n) is 11.4. The largest absolute Gasteiger partial charge is 0.496 e. The van der Waals surface area contributed by atoms with Gasteiger partial charge < -0.3 is 14.2 Å². The summed E-state index contributed by atoms with van der Waals surface area (Å²) >= 11 is 0. The summed E-state index contributed by atoms with van der Waals surface area (Å²) in [5, 5.41) is 0. The maximum Gasteiger partial charge on any atom is 0.158 e. The highest BCUT2D eigenvalue weighted by Crippen LogP contribution is 2.36. The SMILES string of the molecule is COc1cc(OC)c(/C=C/C(=O)C2CC2)c(OC)c1. The first-order chi connectivity index (χ1) is 9.19. The number of allylic oxidation sites excluding steroid dienone is 1. The minimum absolute atomic E-state index is 0.167. The third kappa shape index (κ3) is 3.08. The van der Waals surface area contributed by atoms with E-state index in [4.69, 9.17) is 14.2 Å².